The molecule has 1 N–H and O–H groups in total. The second kappa shape index (κ2) is 4.92. The van der Waals surface area contributed by atoms with Crippen LogP contribution in [0.4, 0.5) is 0 Å². The van der Waals surface area contributed by atoms with Gasteiger partial charge >= 0.3 is 0 Å². The largest absolute Gasteiger partial charge is 0.459 e. The molecule has 0 saturated heterocycles. The topological polar surface area (TPSA) is 25.2 Å². The minimum absolute atomic E-state index is 0.268. The molecule has 0 saturated carbocycles. The van der Waals surface area contributed by atoms with Crippen LogP contribution in [-0.2, 0) is 0 Å². The van der Waals surface area contributed by atoms with Gasteiger partial charge in [-0.1, -0.05) is 32.0 Å². The van der Waals surface area contributed by atoms with Gasteiger partial charge in [-0.25, -0.2) is 0 Å². The molecule has 0 bridgehead atoms. The summed E-state index contributed by atoms with van der Waals surface area (Å²) in [6, 6.07) is 8.49. The van der Waals surface area contributed by atoms with Gasteiger partial charge in [-0.2, -0.15) is 0 Å². The molecule has 0 fully saturated rings. The predicted molar refractivity (Wildman–Crippen MR) is 72.2 cm³/mol. The third kappa shape index (κ3) is 2.52. The SMILES string of the molecule is Cc1c(C(C)NCC(C)C)oc2ccccc12. The van der Waals surface area contributed by atoms with Gasteiger partial charge in [0.05, 0.1) is 6.04 Å². The Kier molecular flexibility index (Phi) is 3.53. The van der Waals surface area contributed by atoms with Crippen molar-refractivity contribution in [2.45, 2.75) is 33.7 Å². The van der Waals surface area contributed by atoms with E-state index in [1.807, 2.05) is 12.1 Å². The molecule has 0 aliphatic heterocycles. The lowest BCUT2D eigenvalue weighted by atomic mass is 10.1. The second-order valence-electron chi connectivity index (χ2n) is 5.11. The van der Waals surface area contributed by atoms with E-state index in [0.717, 1.165) is 17.9 Å². The molecule has 0 amide bonds. The normalized spacial score (nSPS) is 13.5. The van der Waals surface area contributed by atoms with Crippen LogP contribution in [0, 0.1) is 12.8 Å². The van der Waals surface area contributed by atoms with Crippen LogP contribution in [0.3, 0.4) is 0 Å². The van der Waals surface area contributed by atoms with Gasteiger partial charge in [-0.15, -0.1) is 0 Å². The molecule has 1 atom stereocenters. The molecule has 0 aliphatic rings. The second-order valence-corrected chi connectivity index (χ2v) is 5.11. The van der Waals surface area contributed by atoms with Crippen molar-refractivity contribution in [3.8, 4) is 0 Å². The van der Waals surface area contributed by atoms with Crippen LogP contribution >= 0.6 is 0 Å². The van der Waals surface area contributed by atoms with E-state index in [1.165, 1.54) is 10.9 Å². The van der Waals surface area contributed by atoms with Crippen molar-refractivity contribution in [2.24, 2.45) is 5.92 Å². The van der Waals surface area contributed by atoms with Gasteiger partial charge in [0.15, 0.2) is 0 Å². The summed E-state index contributed by atoms with van der Waals surface area (Å²) in [5.41, 5.74) is 2.24. The molecule has 0 spiro atoms. The zero-order chi connectivity index (χ0) is 12.4. The number of rotatable bonds is 4. The molecule has 1 aromatic carbocycles. The fourth-order valence-corrected chi connectivity index (χ4v) is 2.11. The number of fused-ring (bicyclic) bond motifs is 1. The molecule has 2 aromatic rings. The highest BCUT2D eigenvalue weighted by Crippen LogP contribution is 2.29. The van der Waals surface area contributed by atoms with Crippen molar-refractivity contribution >= 4 is 11.0 Å². The minimum Gasteiger partial charge on any atom is -0.459 e. The number of benzene rings is 1. The van der Waals surface area contributed by atoms with Crippen molar-refractivity contribution in [3.05, 3.63) is 35.6 Å². The highest BCUT2D eigenvalue weighted by molar-refractivity contribution is 5.82. The summed E-state index contributed by atoms with van der Waals surface area (Å²) in [6.45, 7) is 9.73. The van der Waals surface area contributed by atoms with Crippen LogP contribution in [0.1, 0.15) is 38.1 Å². The first-order valence-corrected chi connectivity index (χ1v) is 6.31. The summed E-state index contributed by atoms with van der Waals surface area (Å²) in [7, 11) is 0. The molecule has 1 aromatic heterocycles. The number of hydrogen-bond donors (Lipinski definition) is 1. The van der Waals surface area contributed by atoms with E-state index in [2.05, 4.69) is 45.1 Å². The zero-order valence-corrected chi connectivity index (χ0v) is 11.1. The molecule has 0 radical (unpaired) electrons. The highest BCUT2D eigenvalue weighted by atomic mass is 16.3. The van der Waals surface area contributed by atoms with E-state index >= 15 is 0 Å². The van der Waals surface area contributed by atoms with Gasteiger partial charge in [0, 0.05) is 5.39 Å². The van der Waals surface area contributed by atoms with E-state index in [0.29, 0.717) is 5.92 Å². The number of nitrogens with one attached hydrogen (secondary N) is 1. The van der Waals surface area contributed by atoms with Crippen molar-refractivity contribution in [3.63, 3.8) is 0 Å². The third-order valence-corrected chi connectivity index (χ3v) is 3.11. The Bertz CT molecular complexity index is 499. The summed E-state index contributed by atoms with van der Waals surface area (Å²) in [6.07, 6.45) is 0. The summed E-state index contributed by atoms with van der Waals surface area (Å²) in [5, 5.41) is 4.73. The number of furan rings is 1. The molecular weight excluding hydrogens is 210 g/mol. The van der Waals surface area contributed by atoms with Gasteiger partial charge in [0.2, 0.25) is 0 Å². The van der Waals surface area contributed by atoms with Crippen LogP contribution < -0.4 is 5.32 Å². The fourth-order valence-electron chi connectivity index (χ4n) is 2.11. The molecular formula is C15H21NO. The maximum Gasteiger partial charge on any atom is 0.134 e. The van der Waals surface area contributed by atoms with E-state index in [-0.39, 0.29) is 6.04 Å². The monoisotopic (exact) mass is 231 g/mol. The van der Waals surface area contributed by atoms with E-state index < -0.39 is 0 Å². The van der Waals surface area contributed by atoms with Gasteiger partial charge in [-0.05, 0) is 37.9 Å². The van der Waals surface area contributed by atoms with Crippen LogP contribution in [-0.4, -0.2) is 6.54 Å². The van der Waals surface area contributed by atoms with Gasteiger partial charge in [-0.3, -0.25) is 0 Å². The summed E-state index contributed by atoms with van der Waals surface area (Å²) in [4.78, 5) is 0. The average Bonchev–Trinajstić information content (AvgIpc) is 2.64. The predicted octanol–water partition coefficient (Wildman–Crippen LogP) is 4.05. The summed E-state index contributed by atoms with van der Waals surface area (Å²) in [5.74, 6) is 1.72. The van der Waals surface area contributed by atoms with Gasteiger partial charge in [0.1, 0.15) is 11.3 Å². The van der Waals surface area contributed by atoms with E-state index in [1.54, 1.807) is 0 Å². The minimum atomic E-state index is 0.268. The number of aryl methyl sites for hydroxylation is 1. The Morgan fingerprint density at radius 1 is 1.18 bits per heavy atom. The van der Waals surface area contributed by atoms with E-state index in [4.69, 9.17) is 4.42 Å². The van der Waals surface area contributed by atoms with Gasteiger partial charge < -0.3 is 9.73 Å². The maximum atomic E-state index is 5.93. The highest BCUT2D eigenvalue weighted by Gasteiger charge is 2.15. The van der Waals surface area contributed by atoms with Crippen molar-refractivity contribution < 1.29 is 4.42 Å². The van der Waals surface area contributed by atoms with Crippen LogP contribution in [0.2, 0.25) is 0 Å². The first-order valence-electron chi connectivity index (χ1n) is 6.31. The van der Waals surface area contributed by atoms with Crippen molar-refractivity contribution in [2.75, 3.05) is 6.54 Å². The first kappa shape index (κ1) is 12.2. The van der Waals surface area contributed by atoms with Gasteiger partial charge in [0.25, 0.3) is 0 Å². The van der Waals surface area contributed by atoms with Crippen LogP contribution in [0.25, 0.3) is 11.0 Å². The molecule has 2 rings (SSSR count). The molecule has 1 heterocycles. The third-order valence-electron chi connectivity index (χ3n) is 3.11. The number of hydrogen-bond acceptors (Lipinski definition) is 2. The Hall–Kier alpha value is -1.28. The standard InChI is InChI=1S/C15H21NO/c1-10(2)9-16-12(4)15-11(3)13-7-5-6-8-14(13)17-15/h5-8,10,12,16H,9H2,1-4H3. The summed E-state index contributed by atoms with van der Waals surface area (Å²) >= 11 is 0. The smallest absolute Gasteiger partial charge is 0.134 e. The maximum absolute atomic E-state index is 5.93. The average molecular weight is 231 g/mol. The molecule has 2 nitrogen and oxygen atoms in total. The lowest BCUT2D eigenvalue weighted by molar-refractivity contribution is 0.424. The lowest BCUT2D eigenvalue weighted by Crippen LogP contribution is -2.23. The first-order chi connectivity index (χ1) is 8.09. The zero-order valence-electron chi connectivity index (χ0n) is 11.1. The Morgan fingerprint density at radius 2 is 1.88 bits per heavy atom. The quantitative estimate of drug-likeness (QED) is 0.858. The fraction of sp³-hybridized carbons (Fsp3) is 0.467. The molecule has 1 unspecified atom stereocenters. The molecule has 17 heavy (non-hydrogen) atoms. The van der Waals surface area contributed by atoms with E-state index in [9.17, 15) is 0 Å². The van der Waals surface area contributed by atoms with Crippen LogP contribution in [0.15, 0.2) is 28.7 Å². The molecule has 0 aliphatic carbocycles. The summed E-state index contributed by atoms with van der Waals surface area (Å²) < 4.78 is 5.93. The van der Waals surface area contributed by atoms with Crippen molar-refractivity contribution in [1.29, 1.82) is 0 Å². The van der Waals surface area contributed by atoms with Crippen molar-refractivity contribution in [1.82, 2.24) is 5.32 Å². The lowest BCUT2D eigenvalue weighted by Gasteiger charge is -2.14. The molecule has 2 heteroatoms. The Labute approximate surface area is 103 Å². The Morgan fingerprint density at radius 3 is 2.53 bits per heavy atom. The number of para-hydroxylation sites is 1. The molecule has 92 valence electrons. The Balaban J connectivity index is 2.26. The van der Waals surface area contributed by atoms with Crippen LogP contribution in [0.5, 0.6) is 0 Å².